The van der Waals surface area contributed by atoms with Gasteiger partial charge in [0.2, 0.25) is 0 Å². The van der Waals surface area contributed by atoms with Gasteiger partial charge in [-0.05, 0) is 24.6 Å². The zero-order valence-electron chi connectivity index (χ0n) is 11.5. The first-order valence-electron chi connectivity index (χ1n) is 5.83. The van der Waals surface area contributed by atoms with Gasteiger partial charge >= 0.3 is 16.2 Å². The van der Waals surface area contributed by atoms with Gasteiger partial charge in [0.25, 0.3) is 0 Å². The number of esters is 1. The predicted molar refractivity (Wildman–Crippen MR) is 78.0 cm³/mol. The van der Waals surface area contributed by atoms with Crippen molar-refractivity contribution in [3.05, 3.63) is 28.8 Å². The average Bonchev–Trinajstić information content (AvgIpc) is 2.38. The van der Waals surface area contributed by atoms with Crippen molar-refractivity contribution in [2.45, 2.75) is 13.3 Å². The molecule has 0 spiro atoms. The Morgan fingerprint density at radius 2 is 2.10 bits per heavy atom. The van der Waals surface area contributed by atoms with Gasteiger partial charge < -0.3 is 4.74 Å². The van der Waals surface area contributed by atoms with E-state index in [9.17, 15) is 13.2 Å². The number of ether oxygens (including phenoxy) is 1. The van der Waals surface area contributed by atoms with Crippen LogP contribution in [0.15, 0.2) is 18.2 Å². The molecule has 0 fully saturated rings. The van der Waals surface area contributed by atoms with E-state index in [1.807, 2.05) is 6.92 Å². The summed E-state index contributed by atoms with van der Waals surface area (Å²) in [7, 11) is -1.14. The van der Waals surface area contributed by atoms with Crippen molar-refractivity contribution in [2.75, 3.05) is 25.4 Å². The van der Waals surface area contributed by atoms with Crippen LogP contribution in [0.5, 0.6) is 0 Å². The molecule has 0 bridgehead atoms. The maximum absolute atomic E-state index is 12.0. The van der Waals surface area contributed by atoms with Gasteiger partial charge in [-0.2, -0.15) is 12.7 Å². The topological polar surface area (TPSA) is 75.7 Å². The molecule has 0 heterocycles. The standard InChI is InChI=1S/C12H17ClN2O4S/c1-9-4-5-11(10(13)8-9)14-20(17,18)15(2)7-6-12(16)19-3/h4-5,8,14H,6-7H2,1-3H3. The van der Waals surface area contributed by atoms with Gasteiger partial charge in [-0.1, -0.05) is 17.7 Å². The highest BCUT2D eigenvalue weighted by Crippen LogP contribution is 2.24. The van der Waals surface area contributed by atoms with E-state index >= 15 is 0 Å². The monoisotopic (exact) mass is 320 g/mol. The van der Waals surface area contributed by atoms with Crippen molar-refractivity contribution in [1.82, 2.24) is 4.31 Å². The summed E-state index contributed by atoms with van der Waals surface area (Å²) in [4.78, 5) is 11.0. The second-order valence-corrected chi connectivity index (χ2v) is 6.42. The van der Waals surface area contributed by atoms with E-state index in [1.165, 1.54) is 14.2 Å². The number of anilines is 1. The van der Waals surface area contributed by atoms with E-state index < -0.39 is 16.2 Å². The first-order chi connectivity index (χ1) is 9.26. The summed E-state index contributed by atoms with van der Waals surface area (Å²) in [5, 5.41) is 0.315. The lowest BCUT2D eigenvalue weighted by Gasteiger charge is -2.18. The van der Waals surface area contributed by atoms with Crippen molar-refractivity contribution in [1.29, 1.82) is 0 Å². The Kier molecular flexibility index (Phi) is 5.79. The minimum atomic E-state index is -3.76. The van der Waals surface area contributed by atoms with Crippen LogP contribution in [0.1, 0.15) is 12.0 Å². The zero-order valence-corrected chi connectivity index (χ0v) is 13.1. The molecule has 6 nitrogen and oxygen atoms in total. The summed E-state index contributed by atoms with van der Waals surface area (Å²) in [5.41, 5.74) is 1.22. The van der Waals surface area contributed by atoms with Gasteiger partial charge in [-0.3, -0.25) is 9.52 Å². The molecule has 1 aromatic rings. The molecule has 0 saturated heterocycles. The quantitative estimate of drug-likeness (QED) is 0.811. The molecular weight excluding hydrogens is 304 g/mol. The van der Waals surface area contributed by atoms with Gasteiger partial charge in [0.05, 0.1) is 24.2 Å². The molecule has 0 radical (unpaired) electrons. The van der Waals surface area contributed by atoms with Gasteiger partial charge in [-0.25, -0.2) is 0 Å². The fraction of sp³-hybridized carbons (Fsp3) is 0.417. The lowest BCUT2D eigenvalue weighted by molar-refractivity contribution is -0.140. The summed E-state index contributed by atoms with van der Waals surface area (Å²) >= 11 is 5.97. The second kappa shape index (κ2) is 6.92. The Bertz CT molecular complexity index is 589. The molecular formula is C12H17ClN2O4S. The third kappa shape index (κ3) is 4.66. The summed E-state index contributed by atoms with van der Waals surface area (Å²) in [6.45, 7) is 1.87. The Hall–Kier alpha value is -1.31. The van der Waals surface area contributed by atoms with Crippen LogP contribution in [0.25, 0.3) is 0 Å². The van der Waals surface area contributed by atoms with E-state index in [2.05, 4.69) is 9.46 Å². The van der Waals surface area contributed by atoms with Crippen LogP contribution in [0.2, 0.25) is 5.02 Å². The third-order valence-electron chi connectivity index (χ3n) is 2.63. The fourth-order valence-electron chi connectivity index (χ4n) is 1.39. The van der Waals surface area contributed by atoms with Crippen molar-refractivity contribution < 1.29 is 17.9 Å². The molecule has 1 aromatic carbocycles. The molecule has 0 saturated carbocycles. The highest BCUT2D eigenvalue weighted by Gasteiger charge is 2.19. The van der Waals surface area contributed by atoms with Crippen LogP contribution in [-0.2, 0) is 19.7 Å². The number of hydrogen-bond acceptors (Lipinski definition) is 4. The van der Waals surface area contributed by atoms with Gasteiger partial charge in [0.15, 0.2) is 0 Å². The van der Waals surface area contributed by atoms with Crippen LogP contribution in [-0.4, -0.2) is 39.4 Å². The highest BCUT2D eigenvalue weighted by molar-refractivity contribution is 7.90. The van der Waals surface area contributed by atoms with Crippen molar-refractivity contribution in [3.8, 4) is 0 Å². The predicted octanol–water partition coefficient (Wildman–Crippen LogP) is 1.80. The Morgan fingerprint density at radius 1 is 1.45 bits per heavy atom. The van der Waals surface area contributed by atoms with Crippen molar-refractivity contribution in [2.24, 2.45) is 0 Å². The van der Waals surface area contributed by atoms with Crippen LogP contribution in [0.3, 0.4) is 0 Å². The van der Waals surface area contributed by atoms with Crippen LogP contribution in [0.4, 0.5) is 5.69 Å². The molecule has 0 amide bonds. The van der Waals surface area contributed by atoms with Crippen LogP contribution in [0, 0.1) is 6.92 Å². The maximum atomic E-state index is 12.0. The minimum absolute atomic E-state index is 0.0183. The summed E-state index contributed by atoms with van der Waals surface area (Å²) < 4.78 is 31.9. The summed E-state index contributed by atoms with van der Waals surface area (Å²) in [5.74, 6) is -0.472. The number of nitrogens with zero attached hydrogens (tertiary/aromatic N) is 1. The number of aryl methyl sites for hydroxylation is 1. The first-order valence-corrected chi connectivity index (χ1v) is 7.65. The number of methoxy groups -OCH3 is 1. The number of carbonyl (C=O) groups excluding carboxylic acids is 1. The lowest BCUT2D eigenvalue weighted by atomic mass is 10.2. The first kappa shape index (κ1) is 16.7. The molecule has 0 aliphatic heterocycles. The minimum Gasteiger partial charge on any atom is -0.469 e. The van der Waals surface area contributed by atoms with Crippen molar-refractivity contribution in [3.63, 3.8) is 0 Å². The third-order valence-corrected chi connectivity index (χ3v) is 4.43. The molecule has 0 aromatic heterocycles. The Labute approximate surface area is 123 Å². The number of hydrogen-bond donors (Lipinski definition) is 1. The molecule has 0 atom stereocenters. The summed E-state index contributed by atoms with van der Waals surface area (Å²) in [6.07, 6.45) is -0.0183. The molecule has 0 aliphatic rings. The molecule has 0 unspecified atom stereocenters. The van der Waals surface area contributed by atoms with Gasteiger partial charge in [0.1, 0.15) is 0 Å². The molecule has 112 valence electrons. The number of nitrogens with one attached hydrogen (secondary N) is 1. The van der Waals surface area contributed by atoms with E-state index in [-0.39, 0.29) is 13.0 Å². The number of halogens is 1. The Balaban J connectivity index is 2.76. The van der Waals surface area contributed by atoms with Crippen LogP contribution >= 0.6 is 11.6 Å². The van der Waals surface area contributed by atoms with Gasteiger partial charge in [-0.15, -0.1) is 0 Å². The van der Waals surface area contributed by atoms with Crippen LogP contribution < -0.4 is 4.72 Å². The molecule has 20 heavy (non-hydrogen) atoms. The van der Waals surface area contributed by atoms with E-state index in [1.54, 1.807) is 18.2 Å². The van der Waals surface area contributed by atoms with Gasteiger partial charge in [0, 0.05) is 13.6 Å². The van der Waals surface area contributed by atoms with Crippen molar-refractivity contribution >= 4 is 33.5 Å². The number of rotatable bonds is 6. The summed E-state index contributed by atoms with van der Waals surface area (Å²) in [6, 6.07) is 5.00. The zero-order chi connectivity index (χ0) is 15.3. The molecule has 8 heteroatoms. The average molecular weight is 321 g/mol. The van der Waals surface area contributed by atoms with E-state index in [0.717, 1.165) is 9.87 Å². The lowest BCUT2D eigenvalue weighted by Crippen LogP contribution is -2.34. The highest BCUT2D eigenvalue weighted by atomic mass is 35.5. The second-order valence-electron chi connectivity index (χ2n) is 4.24. The largest absolute Gasteiger partial charge is 0.469 e. The molecule has 1 N–H and O–H groups in total. The maximum Gasteiger partial charge on any atom is 0.306 e. The number of carbonyl (C=O) groups is 1. The Morgan fingerprint density at radius 3 is 2.65 bits per heavy atom. The van der Waals surface area contributed by atoms with E-state index in [4.69, 9.17) is 11.6 Å². The smallest absolute Gasteiger partial charge is 0.306 e. The number of benzene rings is 1. The molecule has 0 aliphatic carbocycles. The SMILES string of the molecule is COC(=O)CCN(C)S(=O)(=O)Nc1ccc(C)cc1Cl. The van der Waals surface area contributed by atoms with E-state index in [0.29, 0.717) is 10.7 Å². The normalized spacial score (nSPS) is 11.4. The molecule has 1 rings (SSSR count). The fourth-order valence-corrected chi connectivity index (χ4v) is 2.67.